The molecule has 1 heterocycles. The van der Waals surface area contributed by atoms with Crippen LogP contribution in [0.5, 0.6) is 0 Å². The third-order valence-corrected chi connectivity index (χ3v) is 7.86. The van der Waals surface area contributed by atoms with Crippen molar-refractivity contribution in [3.63, 3.8) is 0 Å². The number of piperidine rings is 1. The highest BCUT2D eigenvalue weighted by Gasteiger charge is 2.82. The smallest absolute Gasteiger partial charge is 0.369 e. The number of primary amides is 1. The first-order chi connectivity index (χ1) is 13.8. The first-order valence-electron chi connectivity index (χ1n) is 10.4. The maximum Gasteiger partial charge on any atom is 0.471 e. The van der Waals surface area contributed by atoms with Gasteiger partial charge in [-0.2, -0.15) is 13.2 Å². The molecule has 0 aromatic heterocycles. The zero-order valence-electron chi connectivity index (χ0n) is 17.3. The Labute approximate surface area is 172 Å². The highest BCUT2D eigenvalue weighted by atomic mass is 19.4. The van der Waals surface area contributed by atoms with Gasteiger partial charge < -0.3 is 21.1 Å². The van der Waals surface area contributed by atoms with E-state index in [1.54, 1.807) is 13.8 Å². The van der Waals surface area contributed by atoms with E-state index in [-0.39, 0.29) is 5.92 Å². The number of halogens is 3. The van der Waals surface area contributed by atoms with Crippen molar-refractivity contribution in [2.24, 2.45) is 28.4 Å². The summed E-state index contributed by atoms with van der Waals surface area (Å²) in [6, 6.07) is -2.53. The van der Waals surface area contributed by atoms with Crippen LogP contribution < -0.4 is 16.4 Å². The number of ketones is 1. The number of ether oxygens (including phenoxy) is 1. The van der Waals surface area contributed by atoms with Crippen molar-refractivity contribution in [1.82, 2.24) is 10.6 Å². The largest absolute Gasteiger partial charge is 0.471 e. The van der Waals surface area contributed by atoms with Crippen LogP contribution >= 0.6 is 0 Å². The fraction of sp³-hybridized carbons (Fsp3) is 0.850. The molecule has 4 N–H and O–H groups in total. The third kappa shape index (κ3) is 2.97. The number of carbonyl (C=O) groups excluding carboxylic acids is 3. The molecule has 0 spiro atoms. The van der Waals surface area contributed by atoms with Gasteiger partial charge in [0, 0.05) is 6.54 Å². The molecule has 0 aromatic rings. The minimum absolute atomic E-state index is 0.259. The van der Waals surface area contributed by atoms with Gasteiger partial charge in [0.15, 0.2) is 5.78 Å². The molecule has 3 aliphatic carbocycles. The summed E-state index contributed by atoms with van der Waals surface area (Å²) in [4.78, 5) is 37.6. The maximum atomic E-state index is 13.7. The second-order valence-electron chi connectivity index (χ2n) is 9.86. The van der Waals surface area contributed by atoms with Gasteiger partial charge in [0.1, 0.15) is 12.1 Å². The lowest BCUT2D eigenvalue weighted by Gasteiger charge is -2.34. The lowest BCUT2D eigenvalue weighted by Crippen LogP contribution is -2.59. The predicted octanol–water partition coefficient (Wildman–Crippen LogP) is 1.05. The molecular formula is C20H28F3N3O4. The SMILES string of the molecule is C[C@@H](OC1(C2CC2)CC1)[C@H](NC(=O)C(F)(F)F)C(=O)C12C(C(N)=O)NCC1C2(C)C. The molecule has 3 unspecified atom stereocenters. The van der Waals surface area contributed by atoms with Crippen molar-refractivity contribution in [2.45, 2.75) is 76.4 Å². The van der Waals surface area contributed by atoms with Gasteiger partial charge in [0.25, 0.3) is 0 Å². The predicted molar refractivity (Wildman–Crippen MR) is 98.9 cm³/mol. The third-order valence-electron chi connectivity index (χ3n) is 7.86. The van der Waals surface area contributed by atoms with Crippen LogP contribution in [0.1, 0.15) is 46.5 Å². The Morgan fingerprint density at radius 3 is 2.23 bits per heavy atom. The fourth-order valence-electron chi connectivity index (χ4n) is 5.92. The van der Waals surface area contributed by atoms with E-state index < -0.39 is 58.4 Å². The zero-order chi connectivity index (χ0) is 22.3. The summed E-state index contributed by atoms with van der Waals surface area (Å²) in [5.41, 5.74) is 3.20. The summed E-state index contributed by atoms with van der Waals surface area (Å²) in [7, 11) is 0. The number of amides is 2. The van der Waals surface area contributed by atoms with E-state index in [1.807, 2.05) is 5.32 Å². The topological polar surface area (TPSA) is 111 Å². The van der Waals surface area contributed by atoms with E-state index in [1.165, 1.54) is 6.92 Å². The van der Waals surface area contributed by atoms with E-state index >= 15 is 0 Å². The first kappa shape index (κ1) is 21.5. The molecule has 4 rings (SSSR count). The van der Waals surface area contributed by atoms with Gasteiger partial charge in [-0.25, -0.2) is 0 Å². The Kier molecular flexibility index (Phi) is 4.61. The van der Waals surface area contributed by atoms with Crippen LogP contribution in [0.25, 0.3) is 0 Å². The minimum atomic E-state index is -5.14. The lowest BCUT2D eigenvalue weighted by molar-refractivity contribution is -0.176. The number of fused-ring (bicyclic) bond motifs is 1. The lowest BCUT2D eigenvalue weighted by atomic mass is 9.79. The fourth-order valence-corrected chi connectivity index (χ4v) is 5.92. The molecule has 0 bridgehead atoms. The summed E-state index contributed by atoms with van der Waals surface area (Å²) in [6.07, 6.45) is -2.53. The highest BCUT2D eigenvalue weighted by Crippen LogP contribution is 2.73. The number of rotatable bonds is 8. The van der Waals surface area contributed by atoms with E-state index in [2.05, 4.69) is 5.32 Å². The summed E-state index contributed by atoms with van der Waals surface area (Å²) < 4.78 is 45.2. The summed E-state index contributed by atoms with van der Waals surface area (Å²) in [6.45, 7) is 5.47. The molecule has 4 fully saturated rings. The van der Waals surface area contributed by atoms with Crippen molar-refractivity contribution < 1.29 is 32.3 Å². The highest BCUT2D eigenvalue weighted by molar-refractivity contribution is 6.03. The number of Topliss-reactive ketones (excluding diaryl/α,β-unsaturated/α-hetero) is 1. The van der Waals surface area contributed by atoms with Crippen LogP contribution in [0.15, 0.2) is 0 Å². The average Bonchev–Trinajstić information content (AvgIpc) is 3.55. The Bertz CT molecular complexity index is 791. The standard InChI is InChI=1S/C20H28F3N3O4/c1-9(30-18(6-7-18)10-4-5-10)12(26-16(29)20(21,22)23)14(27)19-11(17(19,2)3)8-25-13(19)15(24)28/h9-13,25H,4-8H2,1-3H3,(H2,24,28)(H,26,29)/t9-,11?,12+,13?,19?/m1/s1. The van der Waals surface area contributed by atoms with E-state index in [9.17, 15) is 27.6 Å². The van der Waals surface area contributed by atoms with Gasteiger partial charge >= 0.3 is 12.1 Å². The molecule has 30 heavy (non-hydrogen) atoms. The van der Waals surface area contributed by atoms with Crippen LogP contribution in [0, 0.1) is 22.7 Å². The number of hydrogen-bond acceptors (Lipinski definition) is 5. The normalized spacial score (nSPS) is 35.1. The van der Waals surface area contributed by atoms with Gasteiger partial charge in [-0.3, -0.25) is 14.4 Å². The Morgan fingerprint density at radius 2 is 1.80 bits per heavy atom. The molecule has 168 valence electrons. The number of nitrogens with two attached hydrogens (primary N) is 1. The molecule has 3 saturated carbocycles. The molecular weight excluding hydrogens is 403 g/mol. The van der Waals surface area contributed by atoms with Crippen LogP contribution in [-0.2, 0) is 19.1 Å². The Balaban J connectivity index is 1.64. The van der Waals surface area contributed by atoms with Gasteiger partial charge in [-0.15, -0.1) is 0 Å². The second-order valence-corrected chi connectivity index (χ2v) is 9.86. The van der Waals surface area contributed by atoms with Crippen molar-refractivity contribution in [1.29, 1.82) is 0 Å². The molecule has 1 aliphatic heterocycles. The Morgan fingerprint density at radius 1 is 1.20 bits per heavy atom. The van der Waals surface area contributed by atoms with Crippen molar-refractivity contribution in [2.75, 3.05) is 6.54 Å². The number of hydrogen-bond donors (Lipinski definition) is 3. The van der Waals surface area contributed by atoms with Crippen LogP contribution in [-0.4, -0.2) is 54.1 Å². The van der Waals surface area contributed by atoms with Gasteiger partial charge in [-0.05, 0) is 49.9 Å². The van der Waals surface area contributed by atoms with Gasteiger partial charge in [0.2, 0.25) is 5.91 Å². The minimum Gasteiger partial charge on any atom is -0.369 e. The van der Waals surface area contributed by atoms with Crippen LogP contribution in [0.2, 0.25) is 0 Å². The molecule has 1 saturated heterocycles. The second kappa shape index (κ2) is 6.41. The number of carbonyl (C=O) groups is 3. The van der Waals surface area contributed by atoms with Gasteiger partial charge in [-0.1, -0.05) is 13.8 Å². The van der Waals surface area contributed by atoms with Crippen molar-refractivity contribution in [3.8, 4) is 0 Å². The quantitative estimate of drug-likeness (QED) is 0.532. The monoisotopic (exact) mass is 431 g/mol. The van der Waals surface area contributed by atoms with Gasteiger partial charge in [0.05, 0.1) is 17.1 Å². The summed E-state index contributed by atoms with van der Waals surface area (Å²) in [5, 5.41) is 4.80. The van der Waals surface area contributed by atoms with Crippen molar-refractivity contribution in [3.05, 3.63) is 0 Å². The molecule has 10 heteroatoms. The molecule has 5 atom stereocenters. The summed E-state index contributed by atoms with van der Waals surface area (Å²) in [5.74, 6) is -3.46. The maximum absolute atomic E-state index is 13.7. The molecule has 0 aromatic carbocycles. The molecule has 4 aliphatic rings. The summed E-state index contributed by atoms with van der Waals surface area (Å²) >= 11 is 0. The first-order valence-corrected chi connectivity index (χ1v) is 10.4. The molecule has 0 radical (unpaired) electrons. The molecule has 2 amide bonds. The van der Waals surface area contributed by atoms with Crippen molar-refractivity contribution >= 4 is 17.6 Å². The van der Waals surface area contributed by atoms with E-state index in [0.29, 0.717) is 12.5 Å². The Hall–Kier alpha value is -1.68. The molecule has 7 nitrogen and oxygen atoms in total. The average molecular weight is 431 g/mol. The number of alkyl halides is 3. The van der Waals surface area contributed by atoms with Crippen LogP contribution in [0.4, 0.5) is 13.2 Å². The van der Waals surface area contributed by atoms with E-state index in [4.69, 9.17) is 10.5 Å². The van der Waals surface area contributed by atoms with E-state index in [0.717, 1.165) is 25.7 Å². The number of nitrogens with one attached hydrogen (secondary N) is 2. The van der Waals surface area contributed by atoms with Crippen LogP contribution in [0.3, 0.4) is 0 Å². The zero-order valence-corrected chi connectivity index (χ0v) is 17.3.